The van der Waals surface area contributed by atoms with Gasteiger partial charge in [-0.3, -0.25) is 33.7 Å². The van der Waals surface area contributed by atoms with Gasteiger partial charge in [-0.05, 0) is 23.6 Å². The van der Waals surface area contributed by atoms with Crippen LogP contribution in [0.2, 0.25) is 0 Å². The quantitative estimate of drug-likeness (QED) is 0.193. The largest absolute Gasteiger partial charge is 0.348 e. The first-order valence-electron chi connectivity index (χ1n) is 12.5. The Labute approximate surface area is 225 Å². The maximum absolute atomic E-state index is 13.4. The number of ketones is 2. The van der Waals surface area contributed by atoms with Crippen molar-refractivity contribution in [3.63, 3.8) is 0 Å². The molecule has 0 unspecified atom stereocenters. The van der Waals surface area contributed by atoms with Gasteiger partial charge in [0.1, 0.15) is 11.6 Å². The summed E-state index contributed by atoms with van der Waals surface area (Å²) in [5, 5.41) is 5.33. The predicted molar refractivity (Wildman–Crippen MR) is 137 cm³/mol. The van der Waals surface area contributed by atoms with Crippen LogP contribution in [-0.2, 0) is 24.0 Å². The second-order valence-electron chi connectivity index (χ2n) is 9.87. The van der Waals surface area contributed by atoms with Crippen LogP contribution in [0.5, 0.6) is 0 Å². The summed E-state index contributed by atoms with van der Waals surface area (Å²) in [5.41, 5.74) is 0.383. The molecule has 0 saturated carbocycles. The van der Waals surface area contributed by atoms with Gasteiger partial charge in [0.25, 0.3) is 0 Å². The molecule has 1 saturated heterocycles. The number of amides is 4. The molecule has 2 aromatic rings. The van der Waals surface area contributed by atoms with Gasteiger partial charge in [-0.25, -0.2) is 4.98 Å². The number of hydrogen-bond acceptors (Lipinski definition) is 7. The van der Waals surface area contributed by atoms with Gasteiger partial charge in [0, 0.05) is 7.05 Å². The lowest BCUT2D eigenvalue weighted by molar-refractivity contribution is -0.141. The number of nitrogens with one attached hydrogen (secondary N) is 2. The van der Waals surface area contributed by atoms with E-state index in [1.807, 2.05) is 0 Å². The van der Waals surface area contributed by atoms with Crippen LogP contribution in [0, 0.1) is 23.7 Å². The molecule has 4 amide bonds. The molecule has 11 heteroatoms. The lowest BCUT2D eigenvalue weighted by Gasteiger charge is -2.26. The highest BCUT2D eigenvalue weighted by Crippen LogP contribution is 2.28. The highest BCUT2D eigenvalue weighted by atomic mass is 19.1. The lowest BCUT2D eigenvalue weighted by atomic mass is 9.85. The van der Waals surface area contributed by atoms with Crippen molar-refractivity contribution in [3.8, 4) is 0 Å². The highest BCUT2D eigenvalue weighted by molar-refractivity contribution is 6.16. The van der Waals surface area contributed by atoms with Crippen LogP contribution in [0.25, 0.3) is 0 Å². The number of rotatable bonds is 11. The van der Waals surface area contributed by atoms with E-state index >= 15 is 0 Å². The fourth-order valence-electron chi connectivity index (χ4n) is 4.51. The molecule has 4 atom stereocenters. The number of likely N-dealkylation sites (tertiary alicyclic amines) is 1. The fourth-order valence-corrected chi connectivity index (χ4v) is 4.51. The van der Waals surface area contributed by atoms with Crippen molar-refractivity contribution in [1.29, 1.82) is 0 Å². The van der Waals surface area contributed by atoms with Gasteiger partial charge in [0.15, 0.2) is 11.6 Å². The molecule has 0 radical (unpaired) electrons. The van der Waals surface area contributed by atoms with Gasteiger partial charge >= 0.3 is 0 Å². The molecule has 206 valence electrons. The summed E-state index contributed by atoms with van der Waals surface area (Å²) in [6, 6.07) is 10.4. The van der Waals surface area contributed by atoms with Crippen LogP contribution in [0.1, 0.15) is 55.7 Å². The summed E-state index contributed by atoms with van der Waals surface area (Å²) in [5.74, 6) is -6.85. The first kappa shape index (κ1) is 29.3. The minimum atomic E-state index is -1.19. The van der Waals surface area contributed by atoms with Gasteiger partial charge < -0.3 is 10.6 Å². The zero-order valence-corrected chi connectivity index (χ0v) is 22.1. The Morgan fingerprint density at radius 3 is 2.18 bits per heavy atom. The number of carbonyl (C=O) groups excluding carboxylic acids is 6. The molecule has 2 heterocycles. The normalized spacial score (nSPS) is 18.6. The Morgan fingerprint density at radius 2 is 1.62 bits per heavy atom. The average Bonchev–Trinajstić information content (AvgIpc) is 3.09. The van der Waals surface area contributed by atoms with E-state index in [1.54, 1.807) is 44.2 Å². The number of halogens is 1. The van der Waals surface area contributed by atoms with Crippen LogP contribution in [0.4, 0.5) is 4.39 Å². The van der Waals surface area contributed by atoms with Crippen LogP contribution in [0.3, 0.4) is 0 Å². The summed E-state index contributed by atoms with van der Waals surface area (Å²) < 4.78 is 13.4. The zero-order chi connectivity index (χ0) is 28.9. The molecule has 1 aliphatic heterocycles. The molecular weight excluding hydrogens is 507 g/mol. The number of pyridine rings is 1. The second kappa shape index (κ2) is 12.5. The average molecular weight is 539 g/mol. The SMILES string of the molecule is CC(C)[C@H](NC(=O)C[C@H](NC(=O)CC(=O)c1cccc(F)n1)c1ccccc1)C(=O)[C@@H]1C(=O)N(C)C(=O)[C@H]1C. The molecule has 39 heavy (non-hydrogen) atoms. The third-order valence-corrected chi connectivity index (χ3v) is 6.66. The minimum Gasteiger partial charge on any atom is -0.348 e. The summed E-state index contributed by atoms with van der Waals surface area (Å²) in [7, 11) is 1.32. The molecule has 0 aliphatic carbocycles. The van der Waals surface area contributed by atoms with Crippen molar-refractivity contribution in [3.05, 3.63) is 65.7 Å². The van der Waals surface area contributed by atoms with Crippen molar-refractivity contribution >= 4 is 35.2 Å². The number of aromatic nitrogens is 1. The maximum Gasteiger partial charge on any atom is 0.240 e. The van der Waals surface area contributed by atoms with Gasteiger partial charge in [-0.2, -0.15) is 4.39 Å². The van der Waals surface area contributed by atoms with Crippen molar-refractivity contribution in [2.24, 2.45) is 17.8 Å². The Hall–Kier alpha value is -4.28. The van der Waals surface area contributed by atoms with Gasteiger partial charge in [-0.1, -0.05) is 57.2 Å². The van der Waals surface area contributed by atoms with Crippen LogP contribution >= 0.6 is 0 Å². The standard InChI is InChI=1S/C28H31FN4O6/c1-15(2)25(26(37)24-16(3)27(38)33(4)28(24)39)32-22(35)13-19(17-9-6-5-7-10-17)31-23(36)14-20(34)18-11-8-12-21(29)30-18/h5-12,15-16,19,24-25H,13-14H2,1-4H3,(H,31,36)(H,32,35)/t16-,19-,24+,25-/m0/s1. The molecule has 3 rings (SSSR count). The van der Waals surface area contributed by atoms with E-state index in [4.69, 9.17) is 0 Å². The predicted octanol–water partition coefficient (Wildman–Crippen LogP) is 2.00. The first-order chi connectivity index (χ1) is 18.4. The number of Topliss-reactive ketones (excluding diaryl/α,β-unsaturated/α-hetero) is 2. The van der Waals surface area contributed by atoms with E-state index in [-0.39, 0.29) is 18.0 Å². The topological polar surface area (TPSA) is 143 Å². The Balaban J connectivity index is 1.73. The molecule has 1 aliphatic rings. The van der Waals surface area contributed by atoms with Crippen LogP contribution in [-0.4, -0.2) is 58.2 Å². The molecule has 1 fully saturated rings. The number of hydrogen-bond donors (Lipinski definition) is 2. The van der Waals surface area contributed by atoms with Crippen LogP contribution in [0.15, 0.2) is 48.5 Å². The third kappa shape index (κ3) is 6.98. The summed E-state index contributed by atoms with van der Waals surface area (Å²) in [6.45, 7) is 4.93. The summed E-state index contributed by atoms with van der Waals surface area (Å²) >= 11 is 0. The van der Waals surface area contributed by atoms with Crippen LogP contribution < -0.4 is 10.6 Å². The summed E-state index contributed by atoms with van der Waals surface area (Å²) in [6.07, 6.45) is -0.886. The van der Waals surface area contributed by atoms with Crippen molar-refractivity contribution < 1.29 is 33.2 Å². The number of nitrogens with zero attached hydrogens (tertiary/aromatic N) is 2. The third-order valence-electron chi connectivity index (χ3n) is 6.66. The summed E-state index contributed by atoms with van der Waals surface area (Å²) in [4.78, 5) is 80.7. The maximum atomic E-state index is 13.4. The highest BCUT2D eigenvalue weighted by Gasteiger charge is 2.49. The number of imide groups is 1. The van der Waals surface area contributed by atoms with E-state index in [9.17, 15) is 33.2 Å². The molecule has 10 nitrogen and oxygen atoms in total. The molecule has 0 spiro atoms. The minimum absolute atomic E-state index is 0.197. The molecule has 2 N–H and O–H groups in total. The van der Waals surface area contributed by atoms with Crippen molar-refractivity contribution in [2.75, 3.05) is 7.05 Å². The smallest absolute Gasteiger partial charge is 0.240 e. The second-order valence-corrected chi connectivity index (χ2v) is 9.87. The molecular formula is C28H31FN4O6. The van der Waals surface area contributed by atoms with Gasteiger partial charge in [0.05, 0.1) is 30.8 Å². The van der Waals surface area contributed by atoms with E-state index < -0.39 is 71.5 Å². The van der Waals surface area contributed by atoms with E-state index in [2.05, 4.69) is 15.6 Å². The number of benzene rings is 1. The zero-order valence-electron chi connectivity index (χ0n) is 22.1. The van der Waals surface area contributed by atoms with E-state index in [1.165, 1.54) is 26.1 Å². The van der Waals surface area contributed by atoms with Gasteiger partial charge in [-0.15, -0.1) is 0 Å². The van der Waals surface area contributed by atoms with Crippen molar-refractivity contribution in [2.45, 2.75) is 45.7 Å². The molecule has 1 aromatic carbocycles. The fraction of sp³-hybridized carbons (Fsp3) is 0.393. The Kier molecular flexibility index (Phi) is 9.39. The number of carbonyl (C=O) groups is 6. The van der Waals surface area contributed by atoms with E-state index in [0.717, 1.165) is 11.0 Å². The molecule has 1 aromatic heterocycles. The van der Waals surface area contributed by atoms with Crippen molar-refractivity contribution in [1.82, 2.24) is 20.5 Å². The Bertz CT molecular complexity index is 1280. The first-order valence-corrected chi connectivity index (χ1v) is 12.5. The Morgan fingerprint density at radius 1 is 0.949 bits per heavy atom. The van der Waals surface area contributed by atoms with Gasteiger partial charge in [0.2, 0.25) is 29.6 Å². The monoisotopic (exact) mass is 538 g/mol. The van der Waals surface area contributed by atoms with E-state index in [0.29, 0.717) is 5.56 Å². The molecule has 0 bridgehead atoms. The lowest BCUT2D eigenvalue weighted by Crippen LogP contribution is -2.49.